The van der Waals surface area contributed by atoms with Gasteiger partial charge in [0.05, 0.1) is 10.6 Å². The van der Waals surface area contributed by atoms with E-state index in [9.17, 15) is 9.18 Å². The number of aryl methyl sites for hydroxylation is 2. The van der Waals surface area contributed by atoms with E-state index in [-0.39, 0.29) is 10.6 Å². The average molecular weight is 362 g/mol. The van der Waals surface area contributed by atoms with E-state index in [0.717, 1.165) is 12.8 Å². The number of hydrogen-bond acceptors (Lipinski definition) is 1. The molecule has 0 aromatic heterocycles. The topological polar surface area (TPSA) is 29.1 Å². The van der Waals surface area contributed by atoms with Crippen LogP contribution in [0.3, 0.4) is 0 Å². The summed E-state index contributed by atoms with van der Waals surface area (Å²) < 4.78 is 13.9. The Morgan fingerprint density at radius 3 is 2.56 bits per heavy atom. The molecule has 1 amide bonds. The SMILES string of the molecule is CCCCCCc1ccc(NC(=O)c2c(F)cccc2Cl)cc1CC. The monoisotopic (exact) mass is 361 g/mol. The largest absolute Gasteiger partial charge is 0.322 e. The van der Waals surface area contributed by atoms with Crippen LogP contribution in [-0.4, -0.2) is 5.91 Å². The summed E-state index contributed by atoms with van der Waals surface area (Å²) in [5.74, 6) is -1.14. The minimum Gasteiger partial charge on any atom is -0.322 e. The van der Waals surface area contributed by atoms with Crippen LogP contribution in [0.5, 0.6) is 0 Å². The summed E-state index contributed by atoms with van der Waals surface area (Å²) in [6.07, 6.45) is 6.86. The third-order valence-corrected chi connectivity index (χ3v) is 4.65. The average Bonchev–Trinajstić information content (AvgIpc) is 2.59. The second kappa shape index (κ2) is 9.57. The normalized spacial score (nSPS) is 10.7. The van der Waals surface area contributed by atoms with E-state index in [1.165, 1.54) is 55.0 Å². The Bertz CT molecular complexity index is 710. The van der Waals surface area contributed by atoms with Crippen LogP contribution in [-0.2, 0) is 12.8 Å². The quantitative estimate of drug-likeness (QED) is 0.540. The highest BCUT2D eigenvalue weighted by Gasteiger charge is 2.16. The van der Waals surface area contributed by atoms with Crippen LogP contribution in [0.4, 0.5) is 10.1 Å². The third-order valence-electron chi connectivity index (χ3n) is 4.33. The first-order chi connectivity index (χ1) is 12.1. The number of halogens is 2. The molecule has 0 spiro atoms. The maximum atomic E-state index is 13.9. The highest BCUT2D eigenvalue weighted by Crippen LogP contribution is 2.23. The summed E-state index contributed by atoms with van der Waals surface area (Å²) in [7, 11) is 0. The Balaban J connectivity index is 2.11. The predicted molar refractivity (Wildman–Crippen MR) is 103 cm³/mol. The zero-order valence-corrected chi connectivity index (χ0v) is 15.6. The maximum absolute atomic E-state index is 13.9. The molecule has 2 nitrogen and oxygen atoms in total. The lowest BCUT2D eigenvalue weighted by Gasteiger charge is -2.12. The molecule has 0 atom stereocenters. The highest BCUT2D eigenvalue weighted by molar-refractivity contribution is 6.34. The second-order valence-electron chi connectivity index (χ2n) is 6.20. The molecule has 0 radical (unpaired) electrons. The minimum absolute atomic E-state index is 0.112. The molecule has 134 valence electrons. The lowest BCUT2D eigenvalue weighted by Crippen LogP contribution is -2.14. The Labute approximate surface area is 154 Å². The van der Waals surface area contributed by atoms with Gasteiger partial charge in [0.25, 0.3) is 5.91 Å². The van der Waals surface area contributed by atoms with Gasteiger partial charge in [0, 0.05) is 5.69 Å². The highest BCUT2D eigenvalue weighted by atomic mass is 35.5. The van der Waals surface area contributed by atoms with Gasteiger partial charge in [-0.3, -0.25) is 4.79 Å². The van der Waals surface area contributed by atoms with Crippen molar-refractivity contribution >= 4 is 23.2 Å². The Morgan fingerprint density at radius 2 is 1.88 bits per heavy atom. The molecule has 0 aliphatic heterocycles. The molecule has 2 aromatic rings. The summed E-state index contributed by atoms with van der Waals surface area (Å²) in [5.41, 5.74) is 3.08. The molecule has 0 fully saturated rings. The molecular formula is C21H25ClFNO. The number of hydrogen-bond donors (Lipinski definition) is 1. The van der Waals surface area contributed by atoms with E-state index in [1.807, 2.05) is 12.1 Å². The predicted octanol–water partition coefficient (Wildman–Crippen LogP) is 6.42. The maximum Gasteiger partial charge on any atom is 0.260 e. The van der Waals surface area contributed by atoms with Gasteiger partial charge in [-0.25, -0.2) is 4.39 Å². The standard InChI is InChI=1S/C21H25ClFNO/c1-3-5-6-7-9-16-12-13-17(14-15(16)4-2)24-21(25)20-18(22)10-8-11-19(20)23/h8,10-14H,3-7,9H2,1-2H3,(H,24,25). The summed E-state index contributed by atoms with van der Waals surface area (Å²) >= 11 is 5.96. The third kappa shape index (κ3) is 5.30. The molecule has 2 aromatic carbocycles. The van der Waals surface area contributed by atoms with Crippen molar-refractivity contribution in [3.05, 3.63) is 63.9 Å². The number of anilines is 1. The van der Waals surface area contributed by atoms with Gasteiger partial charge in [-0.1, -0.05) is 56.8 Å². The fourth-order valence-corrected chi connectivity index (χ4v) is 3.18. The summed E-state index contributed by atoms with van der Waals surface area (Å²) in [4.78, 5) is 12.3. The van der Waals surface area contributed by atoms with E-state index >= 15 is 0 Å². The van der Waals surface area contributed by atoms with E-state index in [4.69, 9.17) is 11.6 Å². The van der Waals surface area contributed by atoms with Crippen molar-refractivity contribution in [3.63, 3.8) is 0 Å². The molecule has 0 aliphatic carbocycles. The molecule has 0 unspecified atom stereocenters. The van der Waals surface area contributed by atoms with Crippen LogP contribution in [0.2, 0.25) is 5.02 Å². The number of amides is 1. The van der Waals surface area contributed by atoms with Gasteiger partial charge in [0.1, 0.15) is 5.82 Å². The van der Waals surface area contributed by atoms with Crippen molar-refractivity contribution in [2.75, 3.05) is 5.32 Å². The number of rotatable bonds is 8. The minimum atomic E-state index is -0.617. The Kier molecular flexibility index (Phi) is 7.45. The fraction of sp³-hybridized carbons (Fsp3) is 0.381. The van der Waals surface area contributed by atoms with E-state index < -0.39 is 11.7 Å². The number of benzene rings is 2. The van der Waals surface area contributed by atoms with Gasteiger partial charge in [-0.2, -0.15) is 0 Å². The van der Waals surface area contributed by atoms with Gasteiger partial charge in [-0.05, 0) is 54.7 Å². The number of unbranched alkanes of at least 4 members (excludes halogenated alkanes) is 3. The second-order valence-corrected chi connectivity index (χ2v) is 6.61. The lowest BCUT2D eigenvalue weighted by molar-refractivity contribution is 0.102. The summed E-state index contributed by atoms with van der Waals surface area (Å²) in [5, 5.41) is 2.87. The molecule has 25 heavy (non-hydrogen) atoms. The van der Waals surface area contributed by atoms with E-state index in [1.54, 1.807) is 0 Å². The molecule has 0 bridgehead atoms. The van der Waals surface area contributed by atoms with Gasteiger partial charge in [0.2, 0.25) is 0 Å². The zero-order chi connectivity index (χ0) is 18.2. The Hall–Kier alpha value is -1.87. The van der Waals surface area contributed by atoms with Crippen molar-refractivity contribution < 1.29 is 9.18 Å². The van der Waals surface area contributed by atoms with Gasteiger partial charge in [-0.15, -0.1) is 0 Å². The summed E-state index contributed by atoms with van der Waals surface area (Å²) in [6.45, 7) is 4.31. The molecule has 4 heteroatoms. The molecular weight excluding hydrogens is 337 g/mol. The fourth-order valence-electron chi connectivity index (χ4n) is 2.93. The van der Waals surface area contributed by atoms with Crippen molar-refractivity contribution in [2.24, 2.45) is 0 Å². The van der Waals surface area contributed by atoms with Crippen molar-refractivity contribution in [1.82, 2.24) is 0 Å². The molecule has 0 heterocycles. The van der Waals surface area contributed by atoms with Crippen molar-refractivity contribution in [1.29, 1.82) is 0 Å². The number of carbonyl (C=O) groups excluding carboxylic acids is 1. The van der Waals surface area contributed by atoms with Gasteiger partial charge < -0.3 is 5.32 Å². The van der Waals surface area contributed by atoms with E-state index in [2.05, 4.69) is 25.2 Å². The first-order valence-electron chi connectivity index (χ1n) is 8.94. The van der Waals surface area contributed by atoms with Crippen LogP contribution in [0.25, 0.3) is 0 Å². The van der Waals surface area contributed by atoms with Crippen LogP contribution >= 0.6 is 11.6 Å². The van der Waals surface area contributed by atoms with Gasteiger partial charge in [0.15, 0.2) is 0 Å². The van der Waals surface area contributed by atoms with Crippen LogP contribution in [0.15, 0.2) is 36.4 Å². The molecule has 0 aliphatic rings. The smallest absolute Gasteiger partial charge is 0.260 e. The molecule has 0 saturated heterocycles. The van der Waals surface area contributed by atoms with Crippen LogP contribution < -0.4 is 5.32 Å². The molecule has 1 N–H and O–H groups in total. The first kappa shape index (κ1) is 19.5. The zero-order valence-electron chi connectivity index (χ0n) is 14.9. The van der Waals surface area contributed by atoms with Gasteiger partial charge >= 0.3 is 0 Å². The lowest BCUT2D eigenvalue weighted by atomic mass is 9.98. The van der Waals surface area contributed by atoms with E-state index in [0.29, 0.717) is 5.69 Å². The molecule has 2 rings (SSSR count). The van der Waals surface area contributed by atoms with Crippen LogP contribution in [0, 0.1) is 5.82 Å². The van der Waals surface area contributed by atoms with Crippen LogP contribution in [0.1, 0.15) is 61.0 Å². The first-order valence-corrected chi connectivity index (χ1v) is 9.31. The Morgan fingerprint density at radius 1 is 1.08 bits per heavy atom. The van der Waals surface area contributed by atoms with Crippen molar-refractivity contribution in [2.45, 2.75) is 52.4 Å². The number of nitrogens with one attached hydrogen (secondary N) is 1. The summed E-state index contributed by atoms with van der Waals surface area (Å²) in [6, 6.07) is 10.1. The molecule has 0 saturated carbocycles. The van der Waals surface area contributed by atoms with Crippen molar-refractivity contribution in [3.8, 4) is 0 Å². The number of carbonyl (C=O) groups is 1.